The first kappa shape index (κ1) is 27.3. The third-order valence-electron chi connectivity index (χ3n) is 7.37. The minimum Gasteiger partial charge on any atom is -0.479 e. The maximum Gasteiger partial charge on any atom is 0.494 e. The van der Waals surface area contributed by atoms with Gasteiger partial charge in [-0.2, -0.15) is 0 Å². The van der Waals surface area contributed by atoms with E-state index in [1.165, 1.54) is 0 Å². The second kappa shape index (κ2) is 9.98. The smallest absolute Gasteiger partial charge is 0.479 e. The van der Waals surface area contributed by atoms with E-state index in [4.69, 9.17) is 14.0 Å². The second-order valence-electron chi connectivity index (χ2n) is 11.7. The molecule has 3 rings (SSSR count). The summed E-state index contributed by atoms with van der Waals surface area (Å²) in [4.78, 5) is 25.1. The number of rotatable bonds is 7. The number of amides is 1. The van der Waals surface area contributed by atoms with Crippen LogP contribution in [-0.4, -0.2) is 46.6 Å². The Hall–Kier alpha value is -2.32. The van der Waals surface area contributed by atoms with Gasteiger partial charge < -0.3 is 24.5 Å². The maximum atomic E-state index is 12.6. The minimum absolute atomic E-state index is 0.150. The van der Waals surface area contributed by atoms with Gasteiger partial charge in [-0.1, -0.05) is 49.3 Å². The third kappa shape index (κ3) is 6.28. The molecule has 0 spiro atoms. The van der Waals surface area contributed by atoms with E-state index in [1.54, 1.807) is 20.8 Å². The van der Waals surface area contributed by atoms with Crippen molar-refractivity contribution in [3.8, 4) is 0 Å². The van der Waals surface area contributed by atoms with Crippen LogP contribution in [0.4, 0.5) is 4.79 Å². The van der Waals surface area contributed by atoms with Crippen molar-refractivity contribution in [2.75, 3.05) is 0 Å². The molecule has 1 atom stereocenters. The van der Waals surface area contributed by atoms with Crippen LogP contribution in [0.25, 0.3) is 6.08 Å². The fourth-order valence-electron chi connectivity index (χ4n) is 4.66. The van der Waals surface area contributed by atoms with E-state index in [2.05, 4.69) is 5.32 Å². The number of aliphatic carboxylic acids is 1. The molecule has 1 heterocycles. The van der Waals surface area contributed by atoms with E-state index in [1.807, 2.05) is 64.1 Å². The predicted octanol–water partition coefficient (Wildman–Crippen LogP) is 4.93. The largest absolute Gasteiger partial charge is 0.494 e. The molecule has 0 unspecified atom stereocenters. The minimum atomic E-state index is -1.40. The fourth-order valence-corrected chi connectivity index (χ4v) is 4.66. The summed E-state index contributed by atoms with van der Waals surface area (Å²) in [6.07, 6.45) is 6.62. The molecule has 1 aliphatic carbocycles. The zero-order valence-corrected chi connectivity index (χ0v) is 22.1. The van der Waals surface area contributed by atoms with Gasteiger partial charge in [-0.25, -0.2) is 9.59 Å². The monoisotopic (exact) mass is 485 g/mol. The summed E-state index contributed by atoms with van der Waals surface area (Å²) in [6, 6.07) is 7.83. The highest BCUT2D eigenvalue weighted by Gasteiger charge is 2.51. The summed E-state index contributed by atoms with van der Waals surface area (Å²) < 4.78 is 17.6. The van der Waals surface area contributed by atoms with Gasteiger partial charge in [0, 0.05) is 0 Å². The Labute approximate surface area is 209 Å². The molecule has 1 aliphatic heterocycles. The van der Waals surface area contributed by atoms with E-state index in [0.29, 0.717) is 0 Å². The van der Waals surface area contributed by atoms with Crippen molar-refractivity contribution >= 4 is 30.7 Å². The average molecular weight is 485 g/mol. The number of benzene rings is 1. The highest BCUT2D eigenvalue weighted by atomic mass is 16.7. The molecular formula is C27H40BNO6. The lowest BCUT2D eigenvalue weighted by Gasteiger charge is -2.36. The first-order chi connectivity index (χ1) is 16.2. The number of hydrogen-bond donors (Lipinski definition) is 2. The number of carbonyl (C=O) groups excluding carboxylic acids is 1. The number of hydrogen-bond acceptors (Lipinski definition) is 5. The lowest BCUT2D eigenvalue weighted by molar-refractivity contribution is -0.147. The number of alkyl carbamates (subject to hydrolysis) is 1. The van der Waals surface area contributed by atoms with E-state index in [0.717, 1.165) is 36.7 Å². The van der Waals surface area contributed by atoms with Crippen molar-refractivity contribution in [3.63, 3.8) is 0 Å². The zero-order valence-electron chi connectivity index (χ0n) is 22.1. The normalized spacial score (nSPS) is 21.7. The lowest BCUT2D eigenvalue weighted by Crippen LogP contribution is -2.59. The number of ether oxygens (including phenoxy) is 1. The molecule has 35 heavy (non-hydrogen) atoms. The Balaban J connectivity index is 1.74. The van der Waals surface area contributed by atoms with Crippen LogP contribution in [0.3, 0.4) is 0 Å². The van der Waals surface area contributed by atoms with Crippen molar-refractivity contribution in [3.05, 3.63) is 35.9 Å². The van der Waals surface area contributed by atoms with Crippen LogP contribution in [0.15, 0.2) is 30.3 Å². The van der Waals surface area contributed by atoms with E-state index in [-0.39, 0.29) is 12.3 Å². The van der Waals surface area contributed by atoms with Gasteiger partial charge in [0.05, 0.1) is 11.2 Å². The van der Waals surface area contributed by atoms with Crippen LogP contribution in [-0.2, 0) is 18.8 Å². The Morgan fingerprint density at radius 2 is 1.63 bits per heavy atom. The summed E-state index contributed by atoms with van der Waals surface area (Å²) in [6.45, 7) is 13.4. The van der Waals surface area contributed by atoms with Crippen LogP contribution < -0.4 is 10.8 Å². The molecule has 2 fully saturated rings. The Morgan fingerprint density at radius 3 is 2.11 bits per heavy atom. The van der Waals surface area contributed by atoms with Crippen LogP contribution in [0, 0.1) is 5.92 Å². The van der Waals surface area contributed by atoms with Gasteiger partial charge >= 0.3 is 19.2 Å². The molecule has 8 heteroatoms. The summed E-state index contributed by atoms with van der Waals surface area (Å²) >= 11 is 0. The molecule has 0 aromatic heterocycles. The molecule has 1 saturated carbocycles. The molecule has 0 radical (unpaired) electrons. The Kier molecular flexibility index (Phi) is 7.77. The number of carbonyl (C=O) groups is 2. The highest BCUT2D eigenvalue weighted by molar-refractivity contribution is 6.62. The standard InChI is InChI=1S/C27H40BNO6/c1-24(2,3)33-23(32)29-27(22(30)31,20-12-8-9-13-20)18-10-11-19-14-16-21(17-15-19)28-34-25(4,5)26(6,7)35-28/h10-11,14-17,20H,8-9,12-13,18H2,1-7H3,(H,29,32)(H,30,31)/t27-/m1/s1. The van der Waals surface area contributed by atoms with Crippen molar-refractivity contribution < 1.29 is 28.7 Å². The Morgan fingerprint density at radius 1 is 1.09 bits per heavy atom. The molecule has 0 bridgehead atoms. The first-order valence-electron chi connectivity index (χ1n) is 12.5. The van der Waals surface area contributed by atoms with Gasteiger partial charge in [-0.3, -0.25) is 0 Å². The average Bonchev–Trinajstić information content (AvgIpc) is 3.32. The predicted molar refractivity (Wildman–Crippen MR) is 138 cm³/mol. The van der Waals surface area contributed by atoms with Crippen LogP contribution in [0.1, 0.15) is 86.1 Å². The molecule has 192 valence electrons. The quantitative estimate of drug-likeness (QED) is 0.532. The summed E-state index contributed by atoms with van der Waals surface area (Å²) in [7, 11) is -0.432. The number of carboxylic acid groups (broad SMARTS) is 1. The lowest BCUT2D eigenvalue weighted by atomic mass is 9.78. The number of nitrogens with one attached hydrogen (secondary N) is 1. The molecule has 1 saturated heterocycles. The fraction of sp³-hybridized carbons (Fsp3) is 0.630. The molecule has 2 N–H and O–H groups in total. The number of carboxylic acids is 1. The molecular weight excluding hydrogens is 445 g/mol. The van der Waals surface area contributed by atoms with Crippen LogP contribution in [0.2, 0.25) is 0 Å². The maximum absolute atomic E-state index is 12.6. The van der Waals surface area contributed by atoms with Gasteiger partial charge in [0.15, 0.2) is 0 Å². The summed E-state index contributed by atoms with van der Waals surface area (Å²) in [5, 5.41) is 13.0. The van der Waals surface area contributed by atoms with Gasteiger partial charge in [-0.05, 0) is 84.7 Å². The van der Waals surface area contributed by atoms with Gasteiger partial charge in [-0.15, -0.1) is 0 Å². The van der Waals surface area contributed by atoms with Gasteiger partial charge in [0.25, 0.3) is 0 Å². The molecule has 1 aromatic carbocycles. The van der Waals surface area contributed by atoms with Crippen molar-refractivity contribution in [2.24, 2.45) is 5.92 Å². The van der Waals surface area contributed by atoms with Gasteiger partial charge in [0.2, 0.25) is 0 Å². The Bertz CT molecular complexity index is 927. The topological polar surface area (TPSA) is 94.1 Å². The van der Waals surface area contributed by atoms with Crippen molar-refractivity contribution in [1.82, 2.24) is 5.32 Å². The van der Waals surface area contributed by atoms with E-state index >= 15 is 0 Å². The molecule has 1 aromatic rings. The highest BCUT2D eigenvalue weighted by Crippen LogP contribution is 2.38. The molecule has 2 aliphatic rings. The molecule has 7 nitrogen and oxygen atoms in total. The third-order valence-corrected chi connectivity index (χ3v) is 7.37. The van der Waals surface area contributed by atoms with E-state index in [9.17, 15) is 14.7 Å². The molecule has 1 amide bonds. The van der Waals surface area contributed by atoms with Crippen LogP contribution >= 0.6 is 0 Å². The van der Waals surface area contributed by atoms with Gasteiger partial charge in [0.1, 0.15) is 11.1 Å². The summed E-state index contributed by atoms with van der Waals surface area (Å²) in [5.41, 5.74) is -1.07. The SMILES string of the molecule is CC(C)(C)OC(=O)N[C@@](CC=Cc1ccc(B2OC(C)(C)C(C)(C)O2)cc1)(C(=O)O)C1CCCC1. The van der Waals surface area contributed by atoms with Crippen molar-refractivity contribution in [2.45, 2.75) is 103 Å². The van der Waals surface area contributed by atoms with Crippen molar-refractivity contribution in [1.29, 1.82) is 0 Å². The van der Waals surface area contributed by atoms with E-state index < -0.39 is 41.5 Å². The summed E-state index contributed by atoms with van der Waals surface area (Å²) in [5.74, 6) is -1.18. The zero-order chi connectivity index (χ0) is 26.1. The van der Waals surface area contributed by atoms with Crippen LogP contribution in [0.5, 0.6) is 0 Å². The second-order valence-corrected chi connectivity index (χ2v) is 11.7. The first-order valence-corrected chi connectivity index (χ1v) is 12.5.